The van der Waals surface area contributed by atoms with Crippen molar-refractivity contribution in [3.05, 3.63) is 18.2 Å². The molecule has 0 aliphatic carbocycles. The van der Waals surface area contributed by atoms with Crippen molar-refractivity contribution in [3.63, 3.8) is 0 Å². The van der Waals surface area contributed by atoms with Gasteiger partial charge in [-0.15, -0.1) is 0 Å². The summed E-state index contributed by atoms with van der Waals surface area (Å²) in [5, 5.41) is 2.83. The lowest BCUT2D eigenvalue weighted by atomic mass is 9.98. The molecule has 1 atom stereocenters. The zero-order valence-electron chi connectivity index (χ0n) is 13.0. The summed E-state index contributed by atoms with van der Waals surface area (Å²) in [4.78, 5) is 25.9. The number of benzene rings is 1. The zero-order valence-corrected chi connectivity index (χ0v) is 13.0. The first-order valence-corrected chi connectivity index (χ1v) is 7.79. The summed E-state index contributed by atoms with van der Waals surface area (Å²) in [7, 11) is 0. The summed E-state index contributed by atoms with van der Waals surface area (Å²) in [5.74, 6) is 0.813. The molecule has 2 heterocycles. The minimum atomic E-state index is -0.244. The fourth-order valence-electron chi connectivity index (χ4n) is 2.79. The van der Waals surface area contributed by atoms with Crippen molar-refractivity contribution in [2.45, 2.75) is 19.8 Å². The van der Waals surface area contributed by atoms with Gasteiger partial charge in [0.2, 0.25) is 6.79 Å². The number of rotatable bonds is 3. The van der Waals surface area contributed by atoms with E-state index in [-0.39, 0.29) is 24.7 Å². The monoisotopic (exact) mass is 320 g/mol. The second kappa shape index (κ2) is 6.76. The largest absolute Gasteiger partial charge is 0.466 e. The zero-order chi connectivity index (χ0) is 16.2. The molecule has 23 heavy (non-hydrogen) atoms. The summed E-state index contributed by atoms with van der Waals surface area (Å²) in [5.41, 5.74) is 0.637. The SMILES string of the molecule is CCOC(=O)C1CCCN(C(=O)Nc2ccc3c(c2)OCO3)C1. The second-order valence-corrected chi connectivity index (χ2v) is 5.54. The highest BCUT2D eigenvalue weighted by Crippen LogP contribution is 2.34. The highest BCUT2D eigenvalue weighted by molar-refractivity contribution is 5.90. The van der Waals surface area contributed by atoms with Gasteiger partial charge in [0.25, 0.3) is 0 Å². The minimum Gasteiger partial charge on any atom is -0.466 e. The number of carbonyl (C=O) groups is 2. The number of likely N-dealkylation sites (tertiary alicyclic amines) is 1. The van der Waals surface area contributed by atoms with Crippen LogP contribution >= 0.6 is 0 Å². The van der Waals surface area contributed by atoms with E-state index in [1.165, 1.54) is 0 Å². The average molecular weight is 320 g/mol. The highest BCUT2D eigenvalue weighted by atomic mass is 16.7. The van der Waals surface area contributed by atoms with Crippen molar-refractivity contribution in [3.8, 4) is 11.5 Å². The fourth-order valence-corrected chi connectivity index (χ4v) is 2.79. The number of piperidine rings is 1. The van der Waals surface area contributed by atoms with Crippen LogP contribution in [-0.2, 0) is 9.53 Å². The third kappa shape index (κ3) is 3.49. The van der Waals surface area contributed by atoms with Crippen molar-refractivity contribution in [1.29, 1.82) is 0 Å². The Bertz CT molecular complexity index is 604. The number of nitrogens with one attached hydrogen (secondary N) is 1. The normalized spacial score (nSPS) is 19.3. The molecule has 2 amide bonds. The number of amides is 2. The summed E-state index contributed by atoms with van der Waals surface area (Å²) in [6.07, 6.45) is 1.55. The van der Waals surface area contributed by atoms with Crippen LogP contribution in [0.5, 0.6) is 11.5 Å². The van der Waals surface area contributed by atoms with Crippen LogP contribution < -0.4 is 14.8 Å². The smallest absolute Gasteiger partial charge is 0.321 e. The van der Waals surface area contributed by atoms with Gasteiger partial charge in [-0.1, -0.05) is 0 Å². The van der Waals surface area contributed by atoms with E-state index >= 15 is 0 Å². The number of hydrogen-bond acceptors (Lipinski definition) is 5. The van der Waals surface area contributed by atoms with E-state index in [9.17, 15) is 9.59 Å². The Labute approximate surface area is 134 Å². The lowest BCUT2D eigenvalue weighted by Gasteiger charge is -2.31. The molecule has 0 aromatic heterocycles. The minimum absolute atomic E-state index is 0.195. The number of nitrogens with zero attached hydrogens (tertiary/aromatic N) is 1. The van der Waals surface area contributed by atoms with Crippen molar-refractivity contribution in [1.82, 2.24) is 4.90 Å². The van der Waals surface area contributed by atoms with E-state index < -0.39 is 0 Å². The Kier molecular flexibility index (Phi) is 4.55. The first-order valence-electron chi connectivity index (χ1n) is 7.79. The molecule has 1 saturated heterocycles. The number of urea groups is 1. The van der Waals surface area contributed by atoms with E-state index in [0.29, 0.717) is 36.9 Å². The van der Waals surface area contributed by atoms with Crippen molar-refractivity contribution < 1.29 is 23.8 Å². The molecule has 7 nitrogen and oxygen atoms in total. The number of esters is 1. The van der Waals surface area contributed by atoms with E-state index in [1.54, 1.807) is 30.0 Å². The molecule has 1 fully saturated rings. The molecule has 3 rings (SSSR count). The number of anilines is 1. The van der Waals surface area contributed by atoms with Gasteiger partial charge >= 0.3 is 12.0 Å². The molecule has 0 bridgehead atoms. The predicted molar refractivity (Wildman–Crippen MR) is 82.5 cm³/mol. The van der Waals surface area contributed by atoms with Gasteiger partial charge in [0, 0.05) is 24.8 Å². The molecule has 0 spiro atoms. The molecule has 1 aromatic carbocycles. The van der Waals surface area contributed by atoms with E-state index in [4.69, 9.17) is 14.2 Å². The molecule has 1 aromatic rings. The number of hydrogen-bond donors (Lipinski definition) is 1. The average Bonchev–Trinajstić information content (AvgIpc) is 3.03. The molecule has 2 aliphatic heterocycles. The Morgan fingerprint density at radius 1 is 1.35 bits per heavy atom. The van der Waals surface area contributed by atoms with Crippen LogP contribution in [0.25, 0.3) is 0 Å². The molecule has 1 N–H and O–H groups in total. The van der Waals surface area contributed by atoms with Crippen LogP contribution in [0.3, 0.4) is 0 Å². The fraction of sp³-hybridized carbons (Fsp3) is 0.500. The van der Waals surface area contributed by atoms with Gasteiger partial charge in [-0.3, -0.25) is 4.79 Å². The van der Waals surface area contributed by atoms with E-state index in [1.807, 2.05) is 0 Å². The Balaban J connectivity index is 1.60. The molecular formula is C16H20N2O5. The third-order valence-electron chi connectivity index (χ3n) is 3.95. The number of carbonyl (C=O) groups excluding carboxylic acids is 2. The van der Waals surface area contributed by atoms with E-state index in [2.05, 4.69) is 5.32 Å². The van der Waals surface area contributed by atoms with Gasteiger partial charge in [0.15, 0.2) is 11.5 Å². The summed E-state index contributed by atoms with van der Waals surface area (Å²) < 4.78 is 15.6. The van der Waals surface area contributed by atoms with Crippen molar-refractivity contribution >= 4 is 17.7 Å². The topological polar surface area (TPSA) is 77.1 Å². The van der Waals surface area contributed by atoms with Crippen molar-refractivity contribution in [2.24, 2.45) is 5.92 Å². The van der Waals surface area contributed by atoms with Crippen LogP contribution in [0, 0.1) is 5.92 Å². The third-order valence-corrected chi connectivity index (χ3v) is 3.95. The summed E-state index contributed by atoms with van der Waals surface area (Å²) >= 11 is 0. The first kappa shape index (κ1) is 15.5. The molecule has 124 valence electrons. The molecule has 2 aliphatic rings. The Hall–Kier alpha value is -2.44. The second-order valence-electron chi connectivity index (χ2n) is 5.54. The maximum atomic E-state index is 12.4. The standard InChI is InChI=1S/C16H20N2O5/c1-2-21-15(19)11-4-3-7-18(9-11)16(20)17-12-5-6-13-14(8-12)23-10-22-13/h5-6,8,11H,2-4,7,9-10H2,1H3,(H,17,20). The van der Waals surface area contributed by atoms with Gasteiger partial charge in [-0.25, -0.2) is 4.79 Å². The van der Waals surface area contributed by atoms with Crippen LogP contribution in [0.2, 0.25) is 0 Å². The van der Waals surface area contributed by atoms with Gasteiger partial charge in [0.1, 0.15) is 0 Å². The number of ether oxygens (including phenoxy) is 3. The lowest BCUT2D eigenvalue weighted by Crippen LogP contribution is -2.44. The number of fused-ring (bicyclic) bond motifs is 1. The summed E-state index contributed by atoms with van der Waals surface area (Å²) in [6.45, 7) is 3.35. The van der Waals surface area contributed by atoms with Gasteiger partial charge in [0.05, 0.1) is 12.5 Å². The van der Waals surface area contributed by atoms with Crippen LogP contribution in [-0.4, -0.2) is 43.4 Å². The van der Waals surface area contributed by atoms with Gasteiger partial charge in [-0.2, -0.15) is 0 Å². The summed E-state index contributed by atoms with van der Waals surface area (Å²) in [6, 6.07) is 5.03. The Morgan fingerprint density at radius 3 is 3.00 bits per heavy atom. The van der Waals surface area contributed by atoms with E-state index in [0.717, 1.165) is 12.8 Å². The van der Waals surface area contributed by atoms with Crippen LogP contribution in [0.15, 0.2) is 18.2 Å². The molecule has 0 radical (unpaired) electrons. The van der Waals surface area contributed by atoms with Gasteiger partial charge < -0.3 is 24.4 Å². The van der Waals surface area contributed by atoms with Crippen LogP contribution in [0.4, 0.5) is 10.5 Å². The van der Waals surface area contributed by atoms with Gasteiger partial charge in [-0.05, 0) is 31.9 Å². The lowest BCUT2D eigenvalue weighted by molar-refractivity contribution is -0.149. The predicted octanol–water partition coefficient (Wildman–Crippen LogP) is 2.22. The highest BCUT2D eigenvalue weighted by Gasteiger charge is 2.29. The quantitative estimate of drug-likeness (QED) is 0.864. The molecular weight excluding hydrogens is 300 g/mol. The molecule has 0 saturated carbocycles. The molecule has 7 heteroatoms. The molecule has 1 unspecified atom stereocenters. The first-order chi connectivity index (χ1) is 11.2. The maximum absolute atomic E-state index is 12.4. The van der Waals surface area contributed by atoms with Crippen LogP contribution in [0.1, 0.15) is 19.8 Å². The maximum Gasteiger partial charge on any atom is 0.321 e. The van der Waals surface area contributed by atoms with Crippen molar-refractivity contribution in [2.75, 3.05) is 31.8 Å². The Morgan fingerprint density at radius 2 is 2.17 bits per heavy atom.